The van der Waals surface area contributed by atoms with Crippen LogP contribution in [0.2, 0.25) is 0 Å². The lowest BCUT2D eigenvalue weighted by Crippen LogP contribution is -2.48. The Balaban J connectivity index is 1.62. The van der Waals surface area contributed by atoms with Gasteiger partial charge in [-0.3, -0.25) is 0 Å². The lowest BCUT2D eigenvalue weighted by Gasteiger charge is -2.33. The number of esters is 1. The number of methoxy groups -OCH3 is 1. The highest BCUT2D eigenvalue weighted by molar-refractivity contribution is 5.91. The number of carbonyl (C=O) groups is 2. The van der Waals surface area contributed by atoms with Gasteiger partial charge < -0.3 is 19.7 Å². The van der Waals surface area contributed by atoms with Gasteiger partial charge in [-0.05, 0) is 29.7 Å². The predicted octanol–water partition coefficient (Wildman–Crippen LogP) is 3.06. The third kappa shape index (κ3) is 4.65. The molecule has 1 saturated heterocycles. The molecule has 1 fully saturated rings. The maximum atomic E-state index is 12.4. The predicted molar refractivity (Wildman–Crippen MR) is 101 cm³/mol. The van der Waals surface area contributed by atoms with Gasteiger partial charge in [0.15, 0.2) is 0 Å². The monoisotopic (exact) mass is 368 g/mol. The summed E-state index contributed by atoms with van der Waals surface area (Å²) < 4.78 is 10.2. The molecule has 1 aliphatic heterocycles. The summed E-state index contributed by atoms with van der Waals surface area (Å²) in [7, 11) is 1.37. The van der Waals surface area contributed by atoms with Crippen molar-refractivity contribution >= 4 is 12.1 Å². The molecule has 0 saturated carbocycles. The van der Waals surface area contributed by atoms with Crippen molar-refractivity contribution in [2.24, 2.45) is 0 Å². The van der Waals surface area contributed by atoms with Crippen molar-refractivity contribution in [1.29, 1.82) is 0 Å². The zero-order chi connectivity index (χ0) is 19.2. The molecule has 0 aromatic heterocycles. The number of ether oxygens (including phenoxy) is 2. The Kier molecular flexibility index (Phi) is 6.08. The fourth-order valence-corrected chi connectivity index (χ4v) is 3.19. The molecule has 0 spiro atoms. The van der Waals surface area contributed by atoms with Crippen LogP contribution in [0.25, 0.3) is 0 Å². The molecule has 1 heterocycles. The molecule has 1 unspecified atom stereocenters. The molecule has 1 atom stereocenters. The van der Waals surface area contributed by atoms with Crippen LogP contribution in [-0.2, 0) is 16.1 Å². The Morgan fingerprint density at radius 1 is 1.19 bits per heavy atom. The highest BCUT2D eigenvalue weighted by atomic mass is 16.6. The van der Waals surface area contributed by atoms with Gasteiger partial charge in [-0.1, -0.05) is 42.5 Å². The summed E-state index contributed by atoms with van der Waals surface area (Å²) in [4.78, 5) is 25.9. The maximum absolute atomic E-state index is 12.4. The SMILES string of the molecule is COC(=O)c1ccc(C2CN(C(=O)OCc3ccccc3)CCN2)cc1C. The molecule has 1 aliphatic rings. The molecular formula is C21H24N2O4. The van der Waals surface area contributed by atoms with Gasteiger partial charge in [-0.25, -0.2) is 9.59 Å². The van der Waals surface area contributed by atoms with Crippen LogP contribution in [0.1, 0.15) is 33.1 Å². The first-order chi connectivity index (χ1) is 13.1. The minimum atomic E-state index is -0.346. The Morgan fingerprint density at radius 2 is 1.96 bits per heavy atom. The number of benzene rings is 2. The van der Waals surface area contributed by atoms with E-state index in [4.69, 9.17) is 9.47 Å². The van der Waals surface area contributed by atoms with E-state index < -0.39 is 0 Å². The molecule has 6 heteroatoms. The van der Waals surface area contributed by atoms with Crippen molar-refractivity contribution < 1.29 is 19.1 Å². The van der Waals surface area contributed by atoms with E-state index in [1.807, 2.05) is 49.4 Å². The molecule has 0 aliphatic carbocycles. The molecule has 0 bridgehead atoms. The van der Waals surface area contributed by atoms with E-state index in [0.717, 1.165) is 16.7 Å². The maximum Gasteiger partial charge on any atom is 0.410 e. The lowest BCUT2D eigenvalue weighted by molar-refractivity contribution is 0.0600. The Morgan fingerprint density at radius 3 is 2.67 bits per heavy atom. The zero-order valence-corrected chi connectivity index (χ0v) is 15.6. The van der Waals surface area contributed by atoms with Crippen LogP contribution >= 0.6 is 0 Å². The van der Waals surface area contributed by atoms with Crippen LogP contribution < -0.4 is 5.32 Å². The Hall–Kier alpha value is -2.86. The first-order valence-corrected chi connectivity index (χ1v) is 8.96. The number of nitrogens with one attached hydrogen (secondary N) is 1. The number of hydrogen-bond donors (Lipinski definition) is 1. The average Bonchev–Trinajstić information content (AvgIpc) is 2.72. The molecule has 0 radical (unpaired) electrons. The van der Waals surface area contributed by atoms with Gasteiger partial charge in [0.25, 0.3) is 0 Å². The van der Waals surface area contributed by atoms with Crippen LogP contribution in [0.3, 0.4) is 0 Å². The summed E-state index contributed by atoms with van der Waals surface area (Å²) >= 11 is 0. The second-order valence-electron chi connectivity index (χ2n) is 6.56. The van der Waals surface area contributed by atoms with Gasteiger partial charge in [-0.2, -0.15) is 0 Å². The highest BCUT2D eigenvalue weighted by Gasteiger charge is 2.26. The number of piperazine rings is 1. The number of aryl methyl sites for hydroxylation is 1. The number of carbonyl (C=O) groups excluding carboxylic acids is 2. The molecule has 6 nitrogen and oxygen atoms in total. The van der Waals surface area contributed by atoms with Crippen molar-refractivity contribution in [1.82, 2.24) is 10.2 Å². The van der Waals surface area contributed by atoms with Crippen molar-refractivity contribution in [2.45, 2.75) is 19.6 Å². The van der Waals surface area contributed by atoms with Gasteiger partial charge in [0.05, 0.1) is 18.7 Å². The molecule has 1 amide bonds. The molecule has 2 aromatic carbocycles. The van der Waals surface area contributed by atoms with Crippen molar-refractivity contribution in [3.05, 3.63) is 70.8 Å². The number of amides is 1. The van der Waals surface area contributed by atoms with Crippen molar-refractivity contribution in [3.8, 4) is 0 Å². The second-order valence-corrected chi connectivity index (χ2v) is 6.56. The lowest BCUT2D eigenvalue weighted by atomic mass is 9.99. The largest absolute Gasteiger partial charge is 0.465 e. The third-order valence-electron chi connectivity index (χ3n) is 4.70. The molecule has 2 aromatic rings. The van der Waals surface area contributed by atoms with Gasteiger partial charge in [0.1, 0.15) is 6.61 Å². The molecular weight excluding hydrogens is 344 g/mol. The van der Waals surface area contributed by atoms with E-state index in [1.54, 1.807) is 11.0 Å². The zero-order valence-electron chi connectivity index (χ0n) is 15.6. The minimum Gasteiger partial charge on any atom is -0.465 e. The fourth-order valence-electron chi connectivity index (χ4n) is 3.19. The van der Waals surface area contributed by atoms with E-state index >= 15 is 0 Å². The van der Waals surface area contributed by atoms with Crippen LogP contribution in [0, 0.1) is 6.92 Å². The number of nitrogens with zero attached hydrogens (tertiary/aromatic N) is 1. The number of hydrogen-bond acceptors (Lipinski definition) is 5. The summed E-state index contributed by atoms with van der Waals surface area (Å²) in [5.74, 6) is -0.346. The average molecular weight is 368 g/mol. The van der Waals surface area contributed by atoms with Crippen LogP contribution in [0.5, 0.6) is 0 Å². The molecule has 142 valence electrons. The van der Waals surface area contributed by atoms with Gasteiger partial charge in [0, 0.05) is 19.6 Å². The normalized spacial score (nSPS) is 16.7. The molecule has 3 rings (SSSR count). The second kappa shape index (κ2) is 8.68. The quantitative estimate of drug-likeness (QED) is 0.840. The third-order valence-corrected chi connectivity index (χ3v) is 4.70. The molecule has 27 heavy (non-hydrogen) atoms. The fraction of sp³-hybridized carbons (Fsp3) is 0.333. The van der Waals surface area contributed by atoms with E-state index in [1.165, 1.54) is 7.11 Å². The van der Waals surface area contributed by atoms with Gasteiger partial charge in [-0.15, -0.1) is 0 Å². The van der Waals surface area contributed by atoms with E-state index in [0.29, 0.717) is 25.2 Å². The standard InChI is InChI=1S/C21H24N2O4/c1-15-12-17(8-9-18(15)20(24)26-2)19-13-23(11-10-22-19)21(25)27-14-16-6-4-3-5-7-16/h3-9,12,19,22H,10-11,13-14H2,1-2H3. The smallest absolute Gasteiger partial charge is 0.410 e. The van der Waals surface area contributed by atoms with E-state index in [-0.39, 0.29) is 24.7 Å². The van der Waals surface area contributed by atoms with Crippen molar-refractivity contribution in [3.63, 3.8) is 0 Å². The van der Waals surface area contributed by atoms with Crippen molar-refractivity contribution in [2.75, 3.05) is 26.7 Å². The van der Waals surface area contributed by atoms with Gasteiger partial charge in [0.2, 0.25) is 0 Å². The van der Waals surface area contributed by atoms with Crippen LogP contribution in [0.15, 0.2) is 48.5 Å². The summed E-state index contributed by atoms with van der Waals surface area (Å²) in [6.07, 6.45) is -0.312. The van der Waals surface area contributed by atoms with E-state index in [9.17, 15) is 9.59 Å². The van der Waals surface area contributed by atoms with E-state index in [2.05, 4.69) is 5.32 Å². The van der Waals surface area contributed by atoms with Crippen LogP contribution in [-0.4, -0.2) is 43.7 Å². The Bertz CT molecular complexity index is 807. The first kappa shape index (κ1) is 18.9. The topological polar surface area (TPSA) is 67.9 Å². The first-order valence-electron chi connectivity index (χ1n) is 8.96. The Labute approximate surface area is 159 Å². The summed E-state index contributed by atoms with van der Waals surface area (Å²) in [6.45, 7) is 3.95. The number of rotatable bonds is 4. The highest BCUT2D eigenvalue weighted by Crippen LogP contribution is 2.21. The summed E-state index contributed by atoms with van der Waals surface area (Å²) in [5.41, 5.74) is 3.40. The summed E-state index contributed by atoms with van der Waals surface area (Å²) in [5, 5.41) is 3.42. The van der Waals surface area contributed by atoms with Gasteiger partial charge >= 0.3 is 12.1 Å². The summed E-state index contributed by atoms with van der Waals surface area (Å²) in [6, 6.07) is 15.3. The molecule has 1 N–H and O–H groups in total. The minimum absolute atomic E-state index is 0.00609. The van der Waals surface area contributed by atoms with Crippen LogP contribution in [0.4, 0.5) is 4.79 Å².